The zero-order valence-corrected chi connectivity index (χ0v) is 20.4. The fourth-order valence-electron chi connectivity index (χ4n) is 6.36. The van der Waals surface area contributed by atoms with Crippen molar-refractivity contribution in [2.24, 2.45) is 17.3 Å². The zero-order chi connectivity index (χ0) is 22.3. The largest absolute Gasteiger partial charge is 0.496 e. The van der Waals surface area contributed by atoms with Crippen LogP contribution in [0.25, 0.3) is 0 Å². The quantitative estimate of drug-likeness (QED) is 0.355. The van der Waals surface area contributed by atoms with Crippen LogP contribution in [-0.4, -0.2) is 25.9 Å². The van der Waals surface area contributed by atoms with Crippen LogP contribution in [0.1, 0.15) is 84.8 Å². The molecule has 0 bridgehead atoms. The molecule has 3 rings (SSSR count). The number of benzene rings is 1. The van der Waals surface area contributed by atoms with E-state index in [1.165, 1.54) is 31.2 Å². The van der Waals surface area contributed by atoms with E-state index < -0.39 is 0 Å². The molecule has 2 aliphatic rings. The number of fused-ring (bicyclic) bond motifs is 1. The van der Waals surface area contributed by atoms with Gasteiger partial charge in [0.1, 0.15) is 11.5 Å². The van der Waals surface area contributed by atoms with Crippen molar-refractivity contribution in [2.75, 3.05) is 20.8 Å². The summed E-state index contributed by atoms with van der Waals surface area (Å²) in [5.74, 6) is 2.62. The van der Waals surface area contributed by atoms with Crippen molar-refractivity contribution in [1.29, 1.82) is 0 Å². The Morgan fingerprint density at radius 3 is 2.13 bits per heavy atom. The molecule has 2 aliphatic carbocycles. The topological polar surface area (TPSA) is 38.7 Å². The predicted molar refractivity (Wildman–Crippen MR) is 125 cm³/mol. The van der Waals surface area contributed by atoms with Crippen molar-refractivity contribution in [3.63, 3.8) is 0 Å². The Hall–Kier alpha value is -1.48. The summed E-state index contributed by atoms with van der Waals surface area (Å²) in [4.78, 5) is 0. The summed E-state index contributed by atoms with van der Waals surface area (Å²) in [6.45, 7) is 14.0. The van der Waals surface area contributed by atoms with Crippen molar-refractivity contribution in [2.45, 2.75) is 84.5 Å². The minimum absolute atomic E-state index is 0.0696. The molecule has 1 aromatic rings. The summed E-state index contributed by atoms with van der Waals surface area (Å²) < 4.78 is 12.0. The lowest BCUT2D eigenvalue weighted by Crippen LogP contribution is -2.68. The van der Waals surface area contributed by atoms with Crippen molar-refractivity contribution < 1.29 is 14.6 Å². The fraction of sp³-hybridized carbons (Fsp3) is 0.704. The third-order valence-electron chi connectivity index (χ3n) is 8.41. The molecule has 0 spiro atoms. The van der Waals surface area contributed by atoms with E-state index >= 15 is 0 Å². The molecule has 30 heavy (non-hydrogen) atoms. The van der Waals surface area contributed by atoms with Crippen LogP contribution in [0.15, 0.2) is 23.8 Å². The number of ether oxygens (including phenoxy) is 2. The van der Waals surface area contributed by atoms with Crippen molar-refractivity contribution in [3.05, 3.63) is 34.9 Å². The van der Waals surface area contributed by atoms with Crippen LogP contribution in [0.5, 0.6) is 11.5 Å². The Kier molecular flexibility index (Phi) is 6.35. The van der Waals surface area contributed by atoms with Crippen LogP contribution >= 0.6 is 0 Å². The number of hydrogen-bond acceptors (Lipinski definition) is 3. The van der Waals surface area contributed by atoms with Gasteiger partial charge in [0.25, 0.3) is 0 Å². The summed E-state index contributed by atoms with van der Waals surface area (Å²) >= 11 is 0. The van der Waals surface area contributed by atoms with E-state index in [1.54, 1.807) is 14.2 Å². The number of aliphatic hydroxyl groups excluding tert-OH is 1. The van der Waals surface area contributed by atoms with Crippen LogP contribution in [0.2, 0.25) is 0 Å². The molecule has 1 fully saturated rings. The van der Waals surface area contributed by atoms with E-state index in [9.17, 15) is 5.11 Å². The number of unbranched alkanes of at least 4 members (excludes halogenated alkanes) is 3. The van der Waals surface area contributed by atoms with Gasteiger partial charge in [0, 0.05) is 16.9 Å². The highest BCUT2D eigenvalue weighted by Gasteiger charge is 2.70. The smallest absolute Gasteiger partial charge is 0.126 e. The summed E-state index contributed by atoms with van der Waals surface area (Å²) in [5.41, 5.74) is 3.71. The summed E-state index contributed by atoms with van der Waals surface area (Å²) in [5, 5.41) is 9.88. The van der Waals surface area contributed by atoms with E-state index in [-0.39, 0.29) is 22.9 Å². The van der Waals surface area contributed by atoms with Gasteiger partial charge < -0.3 is 14.6 Å². The van der Waals surface area contributed by atoms with Crippen LogP contribution in [0.3, 0.4) is 0 Å². The second-order valence-corrected chi connectivity index (χ2v) is 10.7. The first-order valence-corrected chi connectivity index (χ1v) is 11.7. The van der Waals surface area contributed by atoms with Gasteiger partial charge in [0.15, 0.2) is 0 Å². The van der Waals surface area contributed by atoms with E-state index in [2.05, 4.69) is 59.8 Å². The van der Waals surface area contributed by atoms with Crippen LogP contribution < -0.4 is 9.47 Å². The molecule has 1 saturated carbocycles. The maximum atomic E-state index is 9.88. The maximum absolute atomic E-state index is 9.88. The minimum atomic E-state index is -0.109. The van der Waals surface area contributed by atoms with E-state index in [0.717, 1.165) is 29.1 Å². The van der Waals surface area contributed by atoms with Crippen molar-refractivity contribution in [3.8, 4) is 11.5 Å². The van der Waals surface area contributed by atoms with Crippen molar-refractivity contribution >= 4 is 0 Å². The molecule has 0 heterocycles. The lowest BCUT2D eigenvalue weighted by Gasteiger charge is -2.71. The highest BCUT2D eigenvalue weighted by molar-refractivity contribution is 5.63. The summed E-state index contributed by atoms with van der Waals surface area (Å²) in [6.07, 6.45) is 8.54. The molecule has 1 aromatic carbocycles. The Labute approximate surface area is 183 Å². The van der Waals surface area contributed by atoms with E-state index in [4.69, 9.17) is 9.47 Å². The van der Waals surface area contributed by atoms with Gasteiger partial charge in [-0.05, 0) is 46.4 Å². The van der Waals surface area contributed by atoms with Gasteiger partial charge >= 0.3 is 0 Å². The molecule has 0 aromatic heterocycles. The fourth-order valence-corrected chi connectivity index (χ4v) is 6.36. The molecule has 0 amide bonds. The molecule has 0 aliphatic heterocycles. The zero-order valence-electron chi connectivity index (χ0n) is 20.4. The first kappa shape index (κ1) is 23.2. The number of allylic oxidation sites excluding steroid dienone is 1. The number of methoxy groups -OCH3 is 2. The monoisotopic (exact) mass is 414 g/mol. The highest BCUT2D eigenvalue weighted by atomic mass is 16.5. The minimum Gasteiger partial charge on any atom is -0.496 e. The molecule has 0 unspecified atom stereocenters. The van der Waals surface area contributed by atoms with E-state index in [0.29, 0.717) is 11.8 Å². The van der Waals surface area contributed by atoms with Gasteiger partial charge in [-0.25, -0.2) is 0 Å². The van der Waals surface area contributed by atoms with Crippen LogP contribution in [0.4, 0.5) is 0 Å². The molecule has 168 valence electrons. The van der Waals surface area contributed by atoms with Gasteiger partial charge in [-0.15, -0.1) is 0 Å². The first-order valence-electron chi connectivity index (χ1n) is 11.7. The average Bonchev–Trinajstić information content (AvgIpc) is 2.70. The van der Waals surface area contributed by atoms with E-state index in [1.807, 2.05) is 0 Å². The molecular weight excluding hydrogens is 372 g/mol. The SMILES string of the molecule is CCCCCCC(C)(C)c1cc(OC)c([C@@]23C=C(CO)[C@@H]2C(C)(C)[C@H]3C)c(OC)c1. The molecular formula is C27H42O3. The highest BCUT2D eigenvalue weighted by Crippen LogP contribution is 2.74. The van der Waals surface area contributed by atoms with Gasteiger partial charge in [-0.2, -0.15) is 0 Å². The first-order chi connectivity index (χ1) is 14.1. The normalized spacial score (nSPS) is 26.9. The average molecular weight is 415 g/mol. The third-order valence-corrected chi connectivity index (χ3v) is 8.41. The Balaban J connectivity index is 2.03. The van der Waals surface area contributed by atoms with Gasteiger partial charge in [0.05, 0.1) is 20.8 Å². The van der Waals surface area contributed by atoms with Crippen LogP contribution in [-0.2, 0) is 10.8 Å². The second-order valence-electron chi connectivity index (χ2n) is 10.7. The Bertz CT molecular complexity index is 779. The Morgan fingerprint density at radius 1 is 1.03 bits per heavy atom. The molecule has 3 nitrogen and oxygen atoms in total. The maximum Gasteiger partial charge on any atom is 0.126 e. The number of hydrogen-bond donors (Lipinski definition) is 1. The Morgan fingerprint density at radius 2 is 1.63 bits per heavy atom. The van der Waals surface area contributed by atoms with Gasteiger partial charge in [-0.3, -0.25) is 0 Å². The van der Waals surface area contributed by atoms with Gasteiger partial charge in [0.2, 0.25) is 0 Å². The third kappa shape index (κ3) is 3.28. The van der Waals surface area contributed by atoms with Crippen LogP contribution in [0, 0.1) is 17.3 Å². The molecule has 3 heteroatoms. The summed E-state index contributed by atoms with van der Waals surface area (Å²) in [6, 6.07) is 4.48. The molecule has 0 radical (unpaired) electrons. The van der Waals surface area contributed by atoms with Crippen molar-refractivity contribution in [1.82, 2.24) is 0 Å². The van der Waals surface area contributed by atoms with Gasteiger partial charge in [-0.1, -0.05) is 73.3 Å². The lowest BCUT2D eigenvalue weighted by molar-refractivity contribution is -0.0981. The standard InChI is InChI=1S/C27H42O3/c1-9-10-11-12-13-25(3,4)20-14-21(29-7)23(22(15-20)30-8)27-16-19(17-28)24(27)26(5,6)18(27)2/h14-16,18,24,28H,9-13,17H2,1-8H3/t18-,24-,27+/m1/s1. The molecule has 1 N–H and O–H groups in total. The molecule has 0 saturated heterocycles. The molecule has 3 atom stereocenters. The summed E-state index contributed by atoms with van der Waals surface area (Å²) in [7, 11) is 3.54. The number of aliphatic hydroxyl groups is 1. The second kappa shape index (κ2) is 8.22. The predicted octanol–water partition coefficient (Wildman–Crippen LogP) is 6.41. The number of rotatable bonds is 10. The lowest BCUT2D eigenvalue weighted by atomic mass is 9.32.